The highest BCUT2D eigenvalue weighted by Gasteiger charge is 2.48. The molecule has 31 heavy (non-hydrogen) atoms. The van der Waals surface area contributed by atoms with Crippen molar-refractivity contribution >= 4 is 15.7 Å². The number of hydrogen-bond acceptors (Lipinski definition) is 5. The zero-order chi connectivity index (χ0) is 22.4. The third-order valence-corrected chi connectivity index (χ3v) is 8.20. The maximum absolute atomic E-state index is 13.7. The van der Waals surface area contributed by atoms with E-state index in [1.54, 1.807) is 0 Å². The Kier molecular flexibility index (Phi) is 5.08. The molecule has 164 valence electrons. The molecule has 1 heterocycles. The Balaban J connectivity index is 1.60. The number of amides is 1. The lowest BCUT2D eigenvalue weighted by Crippen LogP contribution is -2.39. The molecule has 11 heteroatoms. The van der Waals surface area contributed by atoms with Gasteiger partial charge in [-0.2, -0.15) is 23.5 Å². The predicted octanol–water partition coefficient (Wildman–Crippen LogP) is 3.21. The number of aromatic amines is 1. The second kappa shape index (κ2) is 7.37. The van der Waals surface area contributed by atoms with Crippen molar-refractivity contribution in [3.8, 4) is 17.3 Å². The Hall–Kier alpha value is -2.87. The van der Waals surface area contributed by atoms with Crippen molar-refractivity contribution in [2.45, 2.75) is 54.0 Å². The van der Waals surface area contributed by atoms with Gasteiger partial charge in [-0.1, -0.05) is 6.07 Å². The van der Waals surface area contributed by atoms with Crippen LogP contribution in [0.3, 0.4) is 0 Å². The van der Waals surface area contributed by atoms with Gasteiger partial charge in [0.2, 0.25) is 5.91 Å². The molecule has 2 atom stereocenters. The summed E-state index contributed by atoms with van der Waals surface area (Å²) in [5.74, 6) is -1.06. The zero-order valence-corrected chi connectivity index (χ0v) is 17.1. The molecule has 2 aliphatic carbocycles. The number of nitriles is 1. The van der Waals surface area contributed by atoms with E-state index in [0.717, 1.165) is 12.1 Å². The lowest BCUT2D eigenvalue weighted by molar-refractivity contribution is -0.139. The molecule has 1 unspecified atom stereocenters. The van der Waals surface area contributed by atoms with E-state index in [-0.39, 0.29) is 24.8 Å². The number of sulfone groups is 1. The van der Waals surface area contributed by atoms with Gasteiger partial charge in [-0.05, 0) is 50.3 Å². The smallest absolute Gasteiger partial charge is 0.338 e. The van der Waals surface area contributed by atoms with Crippen LogP contribution in [0.2, 0.25) is 0 Å². The molecule has 4 rings (SSSR count). The van der Waals surface area contributed by atoms with Gasteiger partial charge in [0.1, 0.15) is 5.54 Å². The average Bonchev–Trinajstić information content (AvgIpc) is 3.15. The van der Waals surface area contributed by atoms with Gasteiger partial charge in [0, 0.05) is 17.7 Å². The quantitative estimate of drug-likeness (QED) is 0.723. The van der Waals surface area contributed by atoms with Crippen LogP contribution in [0.25, 0.3) is 11.3 Å². The number of benzene rings is 1. The van der Waals surface area contributed by atoms with E-state index in [0.29, 0.717) is 18.5 Å². The Bertz CT molecular complexity index is 1150. The first-order valence-corrected chi connectivity index (χ1v) is 11.3. The fraction of sp³-hybridized carbons (Fsp3) is 0.450. The number of H-pyrrole nitrogens is 1. The number of aromatic nitrogens is 2. The van der Waals surface area contributed by atoms with Crippen LogP contribution in [0.15, 0.2) is 35.4 Å². The first kappa shape index (κ1) is 21.4. The zero-order valence-electron chi connectivity index (χ0n) is 16.2. The third-order valence-electron chi connectivity index (χ3n) is 5.92. The summed E-state index contributed by atoms with van der Waals surface area (Å²) in [5, 5.41) is 16.9. The highest BCUT2D eigenvalue weighted by atomic mass is 32.2. The van der Waals surface area contributed by atoms with Gasteiger partial charge in [0.05, 0.1) is 27.5 Å². The maximum atomic E-state index is 13.7. The van der Waals surface area contributed by atoms with Gasteiger partial charge in [-0.25, -0.2) is 8.42 Å². The van der Waals surface area contributed by atoms with Gasteiger partial charge >= 0.3 is 6.18 Å². The summed E-state index contributed by atoms with van der Waals surface area (Å²) < 4.78 is 67.5. The molecule has 2 fully saturated rings. The number of alkyl halides is 3. The van der Waals surface area contributed by atoms with Crippen LogP contribution in [0.1, 0.15) is 37.7 Å². The van der Waals surface area contributed by atoms with Gasteiger partial charge < -0.3 is 5.32 Å². The minimum atomic E-state index is -4.88. The highest BCUT2D eigenvalue weighted by Crippen LogP contribution is 2.42. The number of halogens is 3. The molecule has 0 aliphatic heterocycles. The van der Waals surface area contributed by atoms with E-state index >= 15 is 0 Å². The van der Waals surface area contributed by atoms with Crippen LogP contribution in [-0.4, -0.2) is 35.3 Å². The van der Waals surface area contributed by atoms with Crippen molar-refractivity contribution in [1.29, 1.82) is 5.26 Å². The van der Waals surface area contributed by atoms with E-state index in [1.165, 1.54) is 18.3 Å². The van der Waals surface area contributed by atoms with Crippen molar-refractivity contribution in [1.82, 2.24) is 15.5 Å². The van der Waals surface area contributed by atoms with Crippen LogP contribution in [0.5, 0.6) is 0 Å². The van der Waals surface area contributed by atoms with Gasteiger partial charge in [-0.3, -0.25) is 9.89 Å². The first-order chi connectivity index (χ1) is 14.6. The lowest BCUT2D eigenvalue weighted by atomic mass is 10.1. The molecule has 0 spiro atoms. The Labute approximate surface area is 176 Å². The van der Waals surface area contributed by atoms with Crippen LogP contribution in [0, 0.1) is 17.2 Å². The number of carbonyl (C=O) groups is 1. The Morgan fingerprint density at radius 3 is 2.58 bits per heavy atom. The average molecular weight is 452 g/mol. The third kappa shape index (κ3) is 4.04. The SMILES string of the molecule is N#CC1(NC(=O)C2CC[C@@H](S(=O)(=O)c3ccc(-c4ccn[nH]4)cc3C(F)(F)F)C2)CC1. The fourth-order valence-corrected chi connectivity index (χ4v) is 5.98. The highest BCUT2D eigenvalue weighted by molar-refractivity contribution is 7.92. The second-order valence-corrected chi connectivity index (χ2v) is 10.2. The molecule has 2 N–H and O–H groups in total. The first-order valence-electron chi connectivity index (χ1n) is 9.74. The van der Waals surface area contributed by atoms with E-state index in [9.17, 15) is 26.4 Å². The Morgan fingerprint density at radius 2 is 2.00 bits per heavy atom. The second-order valence-electron chi connectivity index (χ2n) is 8.04. The number of rotatable bonds is 5. The Morgan fingerprint density at radius 1 is 1.26 bits per heavy atom. The number of hydrogen-bond donors (Lipinski definition) is 2. The molecule has 0 radical (unpaired) electrons. The summed E-state index contributed by atoms with van der Waals surface area (Å²) in [7, 11) is -4.33. The lowest BCUT2D eigenvalue weighted by Gasteiger charge is -2.18. The molecule has 2 aliphatic rings. The van der Waals surface area contributed by atoms with Crippen LogP contribution in [0.4, 0.5) is 13.2 Å². The normalized spacial score (nSPS) is 22.6. The van der Waals surface area contributed by atoms with E-state index in [2.05, 4.69) is 15.5 Å². The van der Waals surface area contributed by atoms with Crippen molar-refractivity contribution in [3.63, 3.8) is 0 Å². The molecule has 1 aromatic heterocycles. The standard InChI is InChI=1S/C20H19F3N4O3S/c21-20(22,23)15-10-12(16-5-8-25-27-16)2-4-17(15)31(29,30)14-3-1-13(9-14)18(28)26-19(11-24)6-7-19/h2,4-5,8,10,13-14H,1,3,6-7,9H2,(H,25,27)(H,26,28)/t13?,14-/m1/s1. The summed E-state index contributed by atoms with van der Waals surface area (Å²) in [4.78, 5) is 11.6. The number of nitrogens with one attached hydrogen (secondary N) is 2. The summed E-state index contributed by atoms with van der Waals surface area (Å²) >= 11 is 0. The largest absolute Gasteiger partial charge is 0.417 e. The molecule has 7 nitrogen and oxygen atoms in total. The van der Waals surface area contributed by atoms with Crippen LogP contribution >= 0.6 is 0 Å². The van der Waals surface area contributed by atoms with Gasteiger partial charge in [-0.15, -0.1) is 0 Å². The minimum Gasteiger partial charge on any atom is -0.338 e. The van der Waals surface area contributed by atoms with E-state index < -0.39 is 49.1 Å². The number of nitrogens with zero attached hydrogens (tertiary/aromatic N) is 2. The summed E-state index contributed by atoms with van der Waals surface area (Å²) in [6, 6.07) is 6.58. The van der Waals surface area contributed by atoms with Crippen molar-refractivity contribution in [3.05, 3.63) is 36.0 Å². The summed E-state index contributed by atoms with van der Waals surface area (Å²) in [6.07, 6.45) is -2.16. The van der Waals surface area contributed by atoms with Gasteiger partial charge in [0.25, 0.3) is 0 Å². The molecule has 2 aromatic rings. The van der Waals surface area contributed by atoms with E-state index in [1.807, 2.05) is 6.07 Å². The molecule has 0 saturated heterocycles. The molecule has 1 amide bonds. The minimum absolute atomic E-state index is 0.0741. The molecule has 2 saturated carbocycles. The monoisotopic (exact) mass is 452 g/mol. The van der Waals surface area contributed by atoms with E-state index in [4.69, 9.17) is 5.26 Å². The van der Waals surface area contributed by atoms with Crippen molar-refractivity contribution in [2.75, 3.05) is 0 Å². The van der Waals surface area contributed by atoms with Crippen molar-refractivity contribution < 1.29 is 26.4 Å². The fourth-order valence-electron chi connectivity index (χ4n) is 3.95. The molecule has 0 bridgehead atoms. The summed E-state index contributed by atoms with van der Waals surface area (Å²) in [6.45, 7) is 0. The van der Waals surface area contributed by atoms with Crippen LogP contribution < -0.4 is 5.32 Å². The van der Waals surface area contributed by atoms with Crippen LogP contribution in [-0.2, 0) is 20.8 Å². The van der Waals surface area contributed by atoms with Crippen molar-refractivity contribution in [2.24, 2.45) is 5.92 Å². The molecular weight excluding hydrogens is 433 g/mol. The maximum Gasteiger partial charge on any atom is 0.417 e. The topological polar surface area (TPSA) is 116 Å². The molecular formula is C20H19F3N4O3S. The van der Waals surface area contributed by atoms with Gasteiger partial charge in [0.15, 0.2) is 9.84 Å². The molecule has 1 aromatic carbocycles. The summed E-state index contributed by atoms with van der Waals surface area (Å²) in [5.41, 5.74) is -1.62. The number of carbonyl (C=O) groups excluding carboxylic acids is 1. The predicted molar refractivity (Wildman–Crippen MR) is 103 cm³/mol.